The number of thiazole rings is 1. The number of benzene rings is 3. The van der Waals surface area contributed by atoms with Crippen molar-refractivity contribution in [1.82, 2.24) is 9.88 Å². The summed E-state index contributed by atoms with van der Waals surface area (Å²) >= 11 is 1.16. The number of ether oxygens (including phenoxy) is 1. The summed E-state index contributed by atoms with van der Waals surface area (Å²) in [5.74, 6) is -1.35. The number of aromatic nitrogens is 1. The van der Waals surface area contributed by atoms with Gasteiger partial charge in [0.05, 0.1) is 18.7 Å². The van der Waals surface area contributed by atoms with Gasteiger partial charge in [-0.25, -0.2) is 9.59 Å². The van der Waals surface area contributed by atoms with E-state index in [9.17, 15) is 23.1 Å². The quantitative estimate of drug-likeness (QED) is 0.331. The molecule has 2 N–H and O–H groups in total. The number of sulfonamides is 1. The molecule has 0 aliphatic heterocycles. The molecule has 1 amide bonds. The van der Waals surface area contributed by atoms with Crippen LogP contribution in [-0.2, 0) is 27.7 Å². The summed E-state index contributed by atoms with van der Waals surface area (Å²) in [6, 6.07) is 19.2. The molecule has 9 nitrogen and oxygen atoms in total. The number of aromatic carboxylic acids is 1. The maximum absolute atomic E-state index is 13.2. The van der Waals surface area contributed by atoms with Crippen molar-refractivity contribution >= 4 is 44.2 Å². The highest BCUT2D eigenvalue weighted by molar-refractivity contribution is 7.90. The molecule has 0 radical (unpaired) electrons. The van der Waals surface area contributed by atoms with Crippen LogP contribution in [-0.4, -0.2) is 43.3 Å². The molecule has 3 aromatic carbocycles. The van der Waals surface area contributed by atoms with Gasteiger partial charge in [0.15, 0.2) is 0 Å². The van der Waals surface area contributed by atoms with E-state index in [1.54, 1.807) is 17.7 Å². The molecule has 1 heterocycles. The monoisotopic (exact) mass is 539 g/mol. The Bertz CT molecular complexity index is 1620. The van der Waals surface area contributed by atoms with Gasteiger partial charge in [0.2, 0.25) is 4.80 Å². The van der Waals surface area contributed by atoms with Gasteiger partial charge >= 0.3 is 12.1 Å². The Kier molecular flexibility index (Phi) is 8.04. The van der Waals surface area contributed by atoms with Gasteiger partial charge in [-0.1, -0.05) is 54.6 Å². The number of carbonyl (C=O) groups is 2. The Morgan fingerprint density at radius 2 is 1.78 bits per heavy atom. The van der Waals surface area contributed by atoms with Gasteiger partial charge in [0.1, 0.15) is 4.90 Å². The lowest BCUT2D eigenvalue weighted by molar-refractivity contribution is 0.0692. The molecule has 1 aromatic heterocycles. The first kappa shape index (κ1) is 26.1. The summed E-state index contributed by atoms with van der Waals surface area (Å²) in [6.45, 7) is 2.61. The van der Waals surface area contributed by atoms with Gasteiger partial charge in [-0.2, -0.15) is 8.42 Å². The van der Waals surface area contributed by atoms with Gasteiger partial charge < -0.3 is 19.7 Å². The molecule has 0 saturated heterocycles. The maximum atomic E-state index is 13.2. The van der Waals surface area contributed by atoms with Crippen molar-refractivity contribution in [2.24, 2.45) is 4.40 Å². The van der Waals surface area contributed by atoms with Gasteiger partial charge in [-0.05, 0) is 35.4 Å². The molecule has 37 heavy (non-hydrogen) atoms. The van der Waals surface area contributed by atoms with Crippen LogP contribution in [0.4, 0.5) is 4.79 Å². The molecular weight excluding hydrogens is 514 g/mol. The number of alkyl carbamates (subject to hydrolysis) is 1. The van der Waals surface area contributed by atoms with Crippen LogP contribution in [0, 0.1) is 0 Å². The molecule has 0 aliphatic carbocycles. The van der Waals surface area contributed by atoms with Crippen molar-refractivity contribution in [2.45, 2.75) is 24.8 Å². The predicted molar refractivity (Wildman–Crippen MR) is 140 cm³/mol. The Morgan fingerprint density at radius 3 is 2.57 bits per heavy atom. The first-order chi connectivity index (χ1) is 17.8. The normalized spacial score (nSPS) is 12.0. The highest BCUT2D eigenvalue weighted by atomic mass is 32.2. The summed E-state index contributed by atoms with van der Waals surface area (Å²) in [5.41, 5.74) is 0.624. The number of carbonyl (C=O) groups excluding carboxylic acids is 1. The Hall–Kier alpha value is -3.96. The second-order valence-corrected chi connectivity index (χ2v) is 10.7. The highest BCUT2D eigenvalue weighted by Gasteiger charge is 2.22. The van der Waals surface area contributed by atoms with Crippen LogP contribution < -0.4 is 10.1 Å². The fraction of sp³-hybridized carbons (Fsp3) is 0.192. The minimum Gasteiger partial charge on any atom is -0.478 e. The van der Waals surface area contributed by atoms with E-state index in [-0.39, 0.29) is 21.9 Å². The number of carboxylic acids is 1. The molecule has 192 valence electrons. The second kappa shape index (κ2) is 11.4. The van der Waals surface area contributed by atoms with Crippen molar-refractivity contribution in [3.05, 3.63) is 93.7 Å². The van der Waals surface area contributed by atoms with Crippen LogP contribution in [0.15, 0.2) is 82.2 Å². The van der Waals surface area contributed by atoms with Crippen LogP contribution in [0.3, 0.4) is 0 Å². The number of carboxylic acid groups (broad SMARTS) is 1. The van der Waals surface area contributed by atoms with Crippen LogP contribution >= 0.6 is 11.3 Å². The molecule has 11 heteroatoms. The molecule has 0 saturated carbocycles. The zero-order valence-corrected chi connectivity index (χ0v) is 21.6. The van der Waals surface area contributed by atoms with Crippen molar-refractivity contribution in [3.8, 4) is 0 Å². The lowest BCUT2D eigenvalue weighted by Gasteiger charge is -2.08. The van der Waals surface area contributed by atoms with Crippen LogP contribution in [0.25, 0.3) is 10.8 Å². The summed E-state index contributed by atoms with van der Waals surface area (Å²) < 4.78 is 37.1. The lowest BCUT2D eigenvalue weighted by atomic mass is 10.0. The summed E-state index contributed by atoms with van der Waals surface area (Å²) in [4.78, 5) is 23.9. The SMILES string of the molecule is CCOC(=O)NCCc1cn(Cc2cccc3ccccc23)/c(=N/S(=O)(=O)c2ccccc2C(=O)O)s1. The third kappa shape index (κ3) is 6.25. The summed E-state index contributed by atoms with van der Waals surface area (Å²) in [7, 11) is -4.33. The molecule has 4 aromatic rings. The Balaban J connectivity index is 1.75. The van der Waals surface area contributed by atoms with Crippen molar-refractivity contribution < 1.29 is 27.9 Å². The first-order valence-corrected chi connectivity index (χ1v) is 13.7. The number of hydrogen-bond donors (Lipinski definition) is 2. The van der Waals surface area contributed by atoms with E-state index in [1.807, 2.05) is 42.5 Å². The zero-order valence-electron chi connectivity index (χ0n) is 20.0. The number of fused-ring (bicyclic) bond motifs is 1. The van der Waals surface area contributed by atoms with Crippen LogP contribution in [0.1, 0.15) is 27.7 Å². The predicted octanol–water partition coefficient (Wildman–Crippen LogP) is 4.03. The van der Waals surface area contributed by atoms with Crippen molar-refractivity contribution in [1.29, 1.82) is 0 Å². The lowest BCUT2D eigenvalue weighted by Crippen LogP contribution is -2.26. The molecule has 0 bridgehead atoms. The van der Waals surface area contributed by atoms with Crippen molar-refractivity contribution in [2.75, 3.05) is 13.2 Å². The number of amides is 1. The second-order valence-electron chi connectivity index (χ2n) is 8.01. The third-order valence-corrected chi connectivity index (χ3v) is 8.02. The first-order valence-electron chi connectivity index (χ1n) is 11.5. The molecule has 0 fully saturated rings. The minimum absolute atomic E-state index is 0.194. The van der Waals surface area contributed by atoms with E-state index in [1.165, 1.54) is 24.3 Å². The fourth-order valence-corrected chi connectivity index (χ4v) is 6.22. The molecule has 0 aliphatic rings. The van der Waals surface area contributed by atoms with Crippen molar-refractivity contribution in [3.63, 3.8) is 0 Å². The molecular formula is C26H25N3O6S2. The molecule has 0 unspecified atom stereocenters. The summed E-state index contributed by atoms with van der Waals surface area (Å²) in [6.07, 6.45) is 1.71. The maximum Gasteiger partial charge on any atom is 0.407 e. The van der Waals surface area contributed by atoms with E-state index in [2.05, 4.69) is 9.71 Å². The van der Waals surface area contributed by atoms with Gasteiger partial charge in [0, 0.05) is 24.0 Å². The zero-order chi connectivity index (χ0) is 26.4. The number of rotatable bonds is 9. The topological polar surface area (TPSA) is 127 Å². The van der Waals surface area contributed by atoms with Crippen LogP contribution in [0.5, 0.6) is 0 Å². The number of hydrogen-bond acceptors (Lipinski definition) is 6. The fourth-order valence-electron chi connectivity index (χ4n) is 3.84. The van der Waals surface area contributed by atoms with Gasteiger partial charge in [0.25, 0.3) is 10.0 Å². The summed E-state index contributed by atoms with van der Waals surface area (Å²) in [5, 5.41) is 14.2. The molecule has 0 spiro atoms. The molecule has 4 rings (SSSR count). The van der Waals surface area contributed by atoms with Gasteiger partial charge in [-0.15, -0.1) is 15.7 Å². The van der Waals surface area contributed by atoms with Crippen LogP contribution in [0.2, 0.25) is 0 Å². The van der Waals surface area contributed by atoms with E-state index in [0.717, 1.165) is 32.5 Å². The minimum atomic E-state index is -4.33. The Morgan fingerprint density at radius 1 is 1.05 bits per heavy atom. The largest absolute Gasteiger partial charge is 0.478 e. The third-order valence-electron chi connectivity index (χ3n) is 5.50. The Labute approximate surface area is 217 Å². The van der Waals surface area contributed by atoms with Gasteiger partial charge in [-0.3, -0.25) is 0 Å². The average molecular weight is 540 g/mol. The highest BCUT2D eigenvalue weighted by Crippen LogP contribution is 2.21. The van der Waals surface area contributed by atoms with E-state index in [0.29, 0.717) is 19.5 Å². The number of nitrogens with zero attached hydrogens (tertiary/aromatic N) is 2. The van der Waals surface area contributed by atoms with E-state index >= 15 is 0 Å². The smallest absolute Gasteiger partial charge is 0.407 e. The number of nitrogens with one attached hydrogen (secondary N) is 1. The molecule has 0 atom stereocenters. The average Bonchev–Trinajstić information content (AvgIpc) is 3.24. The standard InChI is InChI=1S/C26H25N3O6S2/c1-2-35-26(32)27-15-14-20-17-29(16-19-10-7-9-18-8-3-4-11-21(18)19)25(36-20)28-37(33,34)23-13-6-5-12-22(23)24(30)31/h3-13,17H,2,14-16H2,1H3,(H,27,32)(H,30,31)/b28-25-. The van der Waals surface area contributed by atoms with E-state index in [4.69, 9.17) is 4.74 Å². The van der Waals surface area contributed by atoms with E-state index < -0.39 is 22.1 Å².